The molecule has 4 aliphatic heterocycles. The number of halogens is 4. The summed E-state index contributed by atoms with van der Waals surface area (Å²) in [5.41, 5.74) is -2.13. The van der Waals surface area contributed by atoms with Crippen LogP contribution in [0.15, 0.2) is 71.8 Å². The van der Waals surface area contributed by atoms with Crippen molar-refractivity contribution in [2.24, 2.45) is 11.0 Å². The minimum Gasteiger partial charge on any atom is -0.376 e. The van der Waals surface area contributed by atoms with Gasteiger partial charge in [-0.25, -0.2) is 14.3 Å². The first-order valence-electron chi connectivity index (χ1n) is 13.7. The molecular weight excluding hydrogens is 566 g/mol. The Balaban J connectivity index is 1.40. The lowest BCUT2D eigenvalue weighted by atomic mass is 9.77. The third-order valence-corrected chi connectivity index (χ3v) is 8.95. The number of anilines is 2. The number of morpholine rings is 1. The highest BCUT2D eigenvalue weighted by Gasteiger charge is 2.78. The van der Waals surface area contributed by atoms with Crippen LogP contribution in [0, 0.1) is 23.1 Å². The van der Waals surface area contributed by atoms with Gasteiger partial charge >= 0.3 is 6.18 Å². The normalized spacial score (nSPS) is 26.5. The molecule has 0 aliphatic carbocycles. The van der Waals surface area contributed by atoms with Crippen molar-refractivity contribution in [3.63, 3.8) is 0 Å². The van der Waals surface area contributed by atoms with Crippen LogP contribution in [0.1, 0.15) is 28.8 Å². The molecule has 3 aromatic rings. The average Bonchev–Trinajstić information content (AvgIpc) is 3.46. The molecule has 4 heterocycles. The van der Waals surface area contributed by atoms with E-state index in [0.29, 0.717) is 16.8 Å². The molecule has 43 heavy (non-hydrogen) atoms. The Labute approximate surface area is 243 Å². The summed E-state index contributed by atoms with van der Waals surface area (Å²) in [4.78, 5) is 29.7. The van der Waals surface area contributed by atoms with Gasteiger partial charge in [0.05, 0.1) is 30.4 Å². The Morgan fingerprint density at radius 3 is 2.53 bits per heavy atom. The topological polar surface area (TPSA) is 89.2 Å². The van der Waals surface area contributed by atoms with E-state index < -0.39 is 40.9 Å². The highest BCUT2D eigenvalue weighted by atomic mass is 19.4. The van der Waals surface area contributed by atoms with Crippen LogP contribution in [0.25, 0.3) is 11.1 Å². The number of hydrogen-bond donors (Lipinski definition) is 0. The van der Waals surface area contributed by atoms with E-state index in [0.717, 1.165) is 29.0 Å². The third kappa shape index (κ3) is 3.64. The Hall–Kier alpha value is -4.60. The molecule has 4 aliphatic rings. The highest BCUT2D eigenvalue weighted by Crippen LogP contribution is 2.59. The van der Waals surface area contributed by atoms with Crippen LogP contribution >= 0.6 is 0 Å². The second-order valence-electron chi connectivity index (χ2n) is 11.0. The number of carbonyl (C=O) groups is 2. The maximum Gasteiger partial charge on any atom is 0.431 e. The van der Waals surface area contributed by atoms with Crippen LogP contribution in [0.2, 0.25) is 0 Å². The number of hydrazone groups is 1. The van der Waals surface area contributed by atoms with Gasteiger partial charge in [-0.05, 0) is 54.3 Å². The lowest BCUT2D eigenvalue weighted by molar-refractivity contribution is -0.138. The number of carbonyl (C=O) groups excluding carboxylic acids is 2. The number of piperidine rings is 1. The maximum absolute atomic E-state index is 14.8. The molecule has 0 saturated carbocycles. The minimum absolute atomic E-state index is 0.000472. The van der Waals surface area contributed by atoms with E-state index >= 15 is 0 Å². The fourth-order valence-electron chi connectivity index (χ4n) is 7.24. The number of aldehydes is 1. The predicted octanol–water partition coefficient (Wildman–Crippen LogP) is 5.10. The second kappa shape index (κ2) is 9.45. The number of amides is 1. The van der Waals surface area contributed by atoms with Gasteiger partial charge in [0.1, 0.15) is 23.3 Å². The Bertz CT molecular complexity index is 1740. The van der Waals surface area contributed by atoms with E-state index in [-0.39, 0.29) is 43.9 Å². The lowest BCUT2D eigenvalue weighted by Gasteiger charge is -2.54. The summed E-state index contributed by atoms with van der Waals surface area (Å²) in [5.74, 6) is -2.79. The molecule has 3 fully saturated rings. The Morgan fingerprint density at radius 2 is 1.81 bits per heavy atom. The summed E-state index contributed by atoms with van der Waals surface area (Å²) < 4.78 is 63.7. The smallest absolute Gasteiger partial charge is 0.376 e. The van der Waals surface area contributed by atoms with Crippen molar-refractivity contribution in [2.75, 3.05) is 29.7 Å². The molecule has 3 atom stereocenters. The molecule has 1 spiro atoms. The molecule has 3 saturated heterocycles. The summed E-state index contributed by atoms with van der Waals surface area (Å²) >= 11 is 0. The monoisotopic (exact) mass is 589 g/mol. The van der Waals surface area contributed by atoms with Crippen LogP contribution in [0.4, 0.5) is 28.9 Å². The van der Waals surface area contributed by atoms with E-state index in [4.69, 9.17) is 4.74 Å². The van der Waals surface area contributed by atoms with Gasteiger partial charge in [0.25, 0.3) is 5.91 Å². The van der Waals surface area contributed by atoms with Gasteiger partial charge in [0.15, 0.2) is 6.29 Å². The first-order valence-corrected chi connectivity index (χ1v) is 13.7. The van der Waals surface area contributed by atoms with Crippen molar-refractivity contribution in [3.8, 4) is 17.2 Å². The van der Waals surface area contributed by atoms with Gasteiger partial charge in [0.2, 0.25) is 5.66 Å². The van der Waals surface area contributed by atoms with E-state index in [2.05, 4.69) is 5.10 Å². The zero-order valence-corrected chi connectivity index (χ0v) is 22.5. The average molecular weight is 590 g/mol. The third-order valence-electron chi connectivity index (χ3n) is 8.95. The van der Waals surface area contributed by atoms with Crippen LogP contribution in [-0.2, 0) is 9.53 Å². The van der Waals surface area contributed by atoms with Gasteiger partial charge < -0.3 is 4.74 Å². The van der Waals surface area contributed by atoms with Crippen LogP contribution in [0.5, 0.6) is 0 Å². The summed E-state index contributed by atoms with van der Waals surface area (Å²) in [7, 11) is 0. The maximum atomic E-state index is 14.8. The van der Waals surface area contributed by atoms with E-state index in [9.17, 15) is 32.4 Å². The molecular formula is C31H23F4N5O3. The molecule has 1 amide bonds. The van der Waals surface area contributed by atoms with E-state index in [1.54, 1.807) is 59.5 Å². The zero-order chi connectivity index (χ0) is 30.1. The van der Waals surface area contributed by atoms with Crippen molar-refractivity contribution in [1.82, 2.24) is 4.90 Å². The van der Waals surface area contributed by atoms with Crippen molar-refractivity contribution >= 4 is 29.3 Å². The fraction of sp³-hybridized carbons (Fsp3) is 0.290. The largest absolute Gasteiger partial charge is 0.431 e. The van der Waals surface area contributed by atoms with Crippen molar-refractivity contribution in [3.05, 3.63) is 83.7 Å². The van der Waals surface area contributed by atoms with Crippen molar-refractivity contribution < 1.29 is 31.9 Å². The van der Waals surface area contributed by atoms with Crippen LogP contribution in [-0.4, -0.2) is 60.1 Å². The van der Waals surface area contributed by atoms with Gasteiger partial charge in [0, 0.05) is 17.8 Å². The first kappa shape index (κ1) is 27.2. The molecule has 8 nitrogen and oxygen atoms in total. The molecule has 0 radical (unpaired) electrons. The number of nitriles is 1. The van der Waals surface area contributed by atoms with Crippen LogP contribution in [0.3, 0.4) is 0 Å². The molecule has 3 aromatic carbocycles. The Kier molecular flexibility index (Phi) is 5.99. The van der Waals surface area contributed by atoms with Gasteiger partial charge in [-0.15, -0.1) is 0 Å². The highest BCUT2D eigenvalue weighted by molar-refractivity contribution is 6.13. The molecule has 7 rings (SSSR count). The van der Waals surface area contributed by atoms with Crippen LogP contribution < -0.4 is 9.91 Å². The molecule has 12 heteroatoms. The quantitative estimate of drug-likeness (QED) is 0.311. The number of alkyl halides is 3. The van der Waals surface area contributed by atoms with Crippen molar-refractivity contribution in [1.29, 1.82) is 5.26 Å². The van der Waals surface area contributed by atoms with Gasteiger partial charge in [-0.2, -0.15) is 23.5 Å². The zero-order valence-electron chi connectivity index (χ0n) is 22.5. The van der Waals surface area contributed by atoms with E-state index in [1.807, 2.05) is 0 Å². The molecule has 2 bridgehead atoms. The minimum atomic E-state index is -4.84. The van der Waals surface area contributed by atoms with E-state index in [1.165, 1.54) is 11.0 Å². The molecule has 218 valence electrons. The van der Waals surface area contributed by atoms with Gasteiger partial charge in [-0.1, -0.05) is 36.4 Å². The summed E-state index contributed by atoms with van der Waals surface area (Å²) in [5, 5.41) is 14.5. The fourth-order valence-corrected chi connectivity index (χ4v) is 7.24. The Morgan fingerprint density at radius 1 is 1.07 bits per heavy atom. The number of rotatable bonds is 4. The lowest BCUT2D eigenvalue weighted by Crippen LogP contribution is -2.72. The predicted molar refractivity (Wildman–Crippen MR) is 148 cm³/mol. The number of hydrogen-bond acceptors (Lipinski definition) is 7. The number of ether oxygens (including phenoxy) is 1. The van der Waals surface area contributed by atoms with Gasteiger partial charge in [-0.3, -0.25) is 14.5 Å². The number of benzene rings is 3. The standard InChI is InChI=1S/C31H23F4N5O3/c32-26-10-9-23(15-21(26)16-36)40-30-25(27(37-40)31(33,34)35)11-12-29(18-43-14-13-38(29)30)39(28(30)42)22-7-5-19(6-8-22)24-4-2-1-3-20(24)17-41/h1-10,15,17,25H,11-14,18H2/t25-,29?,30+/m0/s1. The number of nitrogens with zero attached hydrogens (tertiary/aromatic N) is 5. The second-order valence-corrected chi connectivity index (χ2v) is 11.0. The summed E-state index contributed by atoms with van der Waals surface area (Å²) in [6, 6.07) is 19.0. The molecule has 0 aromatic heterocycles. The SMILES string of the molecule is N#Cc1cc(N2N=C(C(F)(F)F)[C@@H]3CCC45COCCN4[C@]32C(=O)N5c2ccc(-c3ccccc3C=O)cc2)ccc1F. The molecule has 0 N–H and O–H groups in total. The van der Waals surface area contributed by atoms with Crippen molar-refractivity contribution in [2.45, 2.75) is 30.3 Å². The first-order chi connectivity index (χ1) is 20.7. The molecule has 1 unspecified atom stereocenters. The summed E-state index contributed by atoms with van der Waals surface area (Å²) in [6.45, 7) is 0.388. The summed E-state index contributed by atoms with van der Waals surface area (Å²) in [6.07, 6.45) is -3.89.